The Morgan fingerprint density at radius 2 is 2.31 bits per heavy atom. The highest BCUT2D eigenvalue weighted by molar-refractivity contribution is 9.08. The van der Waals surface area contributed by atoms with Crippen molar-refractivity contribution in [2.24, 2.45) is 0 Å². The number of carbonyl (C=O) groups excluding carboxylic acids is 1. The van der Waals surface area contributed by atoms with Crippen molar-refractivity contribution in [2.45, 2.75) is 5.33 Å². The fraction of sp³-hybridized carbons (Fsp3) is 0.222. The Kier molecular flexibility index (Phi) is 3.31. The lowest BCUT2D eigenvalue weighted by Gasteiger charge is -2.03. The number of benzene rings is 1. The molecule has 1 rings (SSSR count). The molecule has 0 aliphatic carbocycles. The average molecular weight is 245 g/mol. The number of hydrogen-bond acceptors (Lipinski definition) is 3. The van der Waals surface area contributed by atoms with Crippen molar-refractivity contribution in [1.82, 2.24) is 0 Å². The van der Waals surface area contributed by atoms with Gasteiger partial charge < -0.3 is 9.84 Å². The molecule has 0 spiro atoms. The Morgan fingerprint density at radius 1 is 1.62 bits per heavy atom. The molecule has 0 atom stereocenters. The number of hydrogen-bond donors (Lipinski definition) is 1. The van der Waals surface area contributed by atoms with Crippen LogP contribution in [0.25, 0.3) is 0 Å². The topological polar surface area (TPSA) is 46.5 Å². The molecule has 0 aromatic heterocycles. The fourth-order valence-corrected chi connectivity index (χ4v) is 1.39. The molecule has 0 heterocycles. The van der Waals surface area contributed by atoms with Crippen molar-refractivity contribution in [2.75, 3.05) is 7.11 Å². The molecule has 0 aliphatic rings. The lowest BCUT2D eigenvalue weighted by molar-refractivity contribution is 0.0600. The molecule has 0 aliphatic heterocycles. The molecule has 0 saturated carbocycles. The molecule has 1 aromatic rings. The quantitative estimate of drug-likeness (QED) is 0.640. The van der Waals surface area contributed by atoms with Gasteiger partial charge in [0, 0.05) is 10.9 Å². The maximum atomic E-state index is 11.1. The normalized spacial score (nSPS) is 9.69. The summed E-state index contributed by atoms with van der Waals surface area (Å²) in [5, 5.41) is 9.81. The maximum absolute atomic E-state index is 11.1. The van der Waals surface area contributed by atoms with E-state index in [9.17, 15) is 9.90 Å². The summed E-state index contributed by atoms with van der Waals surface area (Å²) in [6.07, 6.45) is 0. The second kappa shape index (κ2) is 4.28. The first kappa shape index (κ1) is 10.1. The number of phenolic OH excluding ortho intramolecular Hbond substituents is 1. The number of phenols is 1. The Hall–Kier alpha value is -1.03. The van der Waals surface area contributed by atoms with Gasteiger partial charge in [-0.15, -0.1) is 0 Å². The summed E-state index contributed by atoms with van der Waals surface area (Å²) >= 11 is 3.20. The molecule has 1 N–H and O–H groups in total. The fourth-order valence-electron chi connectivity index (χ4n) is 0.937. The van der Waals surface area contributed by atoms with E-state index in [1.54, 1.807) is 6.07 Å². The first-order valence-electron chi connectivity index (χ1n) is 3.65. The third-order valence-electron chi connectivity index (χ3n) is 1.64. The van der Waals surface area contributed by atoms with E-state index in [1.165, 1.54) is 19.2 Å². The first-order chi connectivity index (χ1) is 6.19. The van der Waals surface area contributed by atoms with Crippen molar-refractivity contribution in [3.05, 3.63) is 29.3 Å². The van der Waals surface area contributed by atoms with Gasteiger partial charge in [-0.3, -0.25) is 0 Å². The number of halogens is 1. The Morgan fingerprint density at radius 3 is 2.85 bits per heavy atom. The van der Waals surface area contributed by atoms with Crippen molar-refractivity contribution < 1.29 is 14.6 Å². The van der Waals surface area contributed by atoms with E-state index in [0.717, 1.165) is 0 Å². The van der Waals surface area contributed by atoms with Crippen LogP contribution in [0.5, 0.6) is 5.75 Å². The third-order valence-corrected chi connectivity index (χ3v) is 2.25. The van der Waals surface area contributed by atoms with Gasteiger partial charge in [-0.05, 0) is 18.2 Å². The highest BCUT2D eigenvalue weighted by atomic mass is 79.9. The third kappa shape index (κ3) is 2.21. The number of carbonyl (C=O) groups is 1. The van der Waals surface area contributed by atoms with E-state index in [4.69, 9.17) is 0 Å². The van der Waals surface area contributed by atoms with E-state index >= 15 is 0 Å². The zero-order valence-electron chi connectivity index (χ0n) is 7.08. The number of esters is 1. The van der Waals surface area contributed by atoms with Crippen LogP contribution in [0.4, 0.5) is 0 Å². The zero-order chi connectivity index (χ0) is 9.84. The second-order valence-corrected chi connectivity index (χ2v) is 3.03. The molecule has 0 saturated heterocycles. The summed E-state index contributed by atoms with van der Waals surface area (Å²) in [5.41, 5.74) is 1.11. The van der Waals surface area contributed by atoms with Crippen molar-refractivity contribution in [1.29, 1.82) is 0 Å². The van der Waals surface area contributed by atoms with Gasteiger partial charge in [0.05, 0.1) is 12.7 Å². The zero-order valence-corrected chi connectivity index (χ0v) is 8.67. The summed E-state index contributed by atoms with van der Waals surface area (Å²) in [7, 11) is 1.32. The van der Waals surface area contributed by atoms with Crippen LogP contribution in [0.3, 0.4) is 0 Å². The van der Waals surface area contributed by atoms with E-state index in [0.29, 0.717) is 16.5 Å². The minimum atomic E-state index is -0.401. The van der Waals surface area contributed by atoms with Gasteiger partial charge in [-0.25, -0.2) is 4.79 Å². The number of rotatable bonds is 2. The number of methoxy groups -OCH3 is 1. The first-order valence-corrected chi connectivity index (χ1v) is 4.77. The number of alkyl halides is 1. The summed E-state index contributed by atoms with van der Waals surface area (Å²) in [4.78, 5) is 11.1. The van der Waals surface area contributed by atoms with Crippen LogP contribution in [0.2, 0.25) is 0 Å². The molecule has 0 bridgehead atoms. The lowest BCUT2D eigenvalue weighted by atomic mass is 10.1. The maximum Gasteiger partial charge on any atom is 0.337 e. The smallest absolute Gasteiger partial charge is 0.337 e. The SMILES string of the molecule is COC(=O)c1ccc(O)c(CBr)c1. The second-order valence-electron chi connectivity index (χ2n) is 2.47. The van der Waals surface area contributed by atoms with E-state index in [2.05, 4.69) is 20.7 Å². The van der Waals surface area contributed by atoms with Gasteiger partial charge >= 0.3 is 5.97 Å². The molecule has 3 nitrogen and oxygen atoms in total. The van der Waals surface area contributed by atoms with Gasteiger partial charge in [0.2, 0.25) is 0 Å². The predicted octanol–water partition coefficient (Wildman–Crippen LogP) is 2.07. The molecule has 0 radical (unpaired) electrons. The molecule has 13 heavy (non-hydrogen) atoms. The molecule has 70 valence electrons. The van der Waals surface area contributed by atoms with Crippen LogP contribution in [0.1, 0.15) is 15.9 Å². The summed E-state index contributed by atoms with van der Waals surface area (Å²) in [6, 6.07) is 4.59. The van der Waals surface area contributed by atoms with Crippen LogP contribution in [0.15, 0.2) is 18.2 Å². The Balaban J connectivity index is 3.06. The van der Waals surface area contributed by atoms with E-state index in [1.807, 2.05) is 0 Å². The van der Waals surface area contributed by atoms with Gasteiger partial charge in [0.25, 0.3) is 0 Å². The van der Waals surface area contributed by atoms with Gasteiger partial charge in [-0.1, -0.05) is 15.9 Å². The van der Waals surface area contributed by atoms with Crippen LogP contribution in [-0.4, -0.2) is 18.2 Å². The van der Waals surface area contributed by atoms with Crippen molar-refractivity contribution in [3.8, 4) is 5.75 Å². The molecule has 0 fully saturated rings. The predicted molar refractivity (Wildman–Crippen MR) is 52.1 cm³/mol. The molecular formula is C9H9BrO3. The van der Waals surface area contributed by atoms with E-state index < -0.39 is 5.97 Å². The average Bonchev–Trinajstić information content (AvgIpc) is 2.17. The minimum Gasteiger partial charge on any atom is -0.508 e. The van der Waals surface area contributed by atoms with Crippen LogP contribution >= 0.6 is 15.9 Å². The highest BCUT2D eigenvalue weighted by Crippen LogP contribution is 2.21. The molecule has 0 amide bonds. The van der Waals surface area contributed by atoms with Crippen molar-refractivity contribution in [3.63, 3.8) is 0 Å². The van der Waals surface area contributed by atoms with Crippen LogP contribution in [-0.2, 0) is 10.1 Å². The van der Waals surface area contributed by atoms with Gasteiger partial charge in [0.15, 0.2) is 0 Å². The van der Waals surface area contributed by atoms with Crippen LogP contribution in [0, 0.1) is 0 Å². The highest BCUT2D eigenvalue weighted by Gasteiger charge is 2.07. The Bertz CT molecular complexity index is 323. The summed E-state index contributed by atoms with van der Waals surface area (Å²) in [5.74, 6) is -0.230. The molecule has 4 heteroatoms. The Labute approximate surface area is 84.5 Å². The van der Waals surface area contributed by atoms with E-state index in [-0.39, 0.29) is 5.75 Å². The van der Waals surface area contributed by atoms with Gasteiger partial charge in [-0.2, -0.15) is 0 Å². The van der Waals surface area contributed by atoms with Crippen LogP contribution < -0.4 is 0 Å². The van der Waals surface area contributed by atoms with Crippen molar-refractivity contribution >= 4 is 21.9 Å². The van der Waals surface area contributed by atoms with Gasteiger partial charge in [0.1, 0.15) is 5.75 Å². The standard InChI is InChI=1S/C9H9BrO3/c1-13-9(12)6-2-3-8(11)7(4-6)5-10/h2-4,11H,5H2,1H3. The number of ether oxygens (including phenoxy) is 1. The summed E-state index contributed by atoms with van der Waals surface area (Å²) < 4.78 is 4.54. The molecule has 0 unspecified atom stereocenters. The number of aromatic hydroxyl groups is 1. The lowest BCUT2D eigenvalue weighted by Crippen LogP contribution is -2.01. The summed E-state index contributed by atoms with van der Waals surface area (Å²) in [6.45, 7) is 0. The molecular weight excluding hydrogens is 236 g/mol. The monoisotopic (exact) mass is 244 g/mol. The minimum absolute atomic E-state index is 0.171. The largest absolute Gasteiger partial charge is 0.508 e. The molecule has 1 aromatic carbocycles.